The molecule has 6 heteroatoms. The summed E-state index contributed by atoms with van der Waals surface area (Å²) in [6, 6.07) is 5.95. The lowest BCUT2D eigenvalue weighted by atomic mass is 10.1. The zero-order valence-corrected chi connectivity index (χ0v) is 9.84. The van der Waals surface area contributed by atoms with Crippen LogP contribution in [0.5, 0.6) is 0 Å². The van der Waals surface area contributed by atoms with Crippen LogP contribution < -0.4 is 11.1 Å². The van der Waals surface area contributed by atoms with Crippen molar-refractivity contribution in [3.8, 4) is 0 Å². The summed E-state index contributed by atoms with van der Waals surface area (Å²) in [6.07, 6.45) is 0. The van der Waals surface area contributed by atoms with Gasteiger partial charge in [-0.2, -0.15) is 4.37 Å². The van der Waals surface area contributed by atoms with Crippen LogP contribution in [-0.2, 0) is 0 Å². The van der Waals surface area contributed by atoms with Crippen molar-refractivity contribution in [3.05, 3.63) is 41.3 Å². The third-order valence-electron chi connectivity index (χ3n) is 2.16. The van der Waals surface area contributed by atoms with Crippen molar-refractivity contribution >= 4 is 28.1 Å². The van der Waals surface area contributed by atoms with Crippen molar-refractivity contribution in [2.24, 2.45) is 5.73 Å². The van der Waals surface area contributed by atoms with Crippen LogP contribution in [0.15, 0.2) is 24.3 Å². The van der Waals surface area contributed by atoms with E-state index in [4.69, 9.17) is 5.73 Å². The summed E-state index contributed by atoms with van der Waals surface area (Å²) < 4.78 is 17.7. The van der Waals surface area contributed by atoms with Gasteiger partial charge in [-0.05, 0) is 36.7 Å². The highest BCUT2D eigenvalue weighted by atomic mass is 32.1. The van der Waals surface area contributed by atoms with Crippen LogP contribution in [0.1, 0.15) is 16.1 Å². The molecule has 88 valence electrons. The molecule has 0 fully saturated rings. The fraction of sp³-hybridized carbons (Fsp3) is 0.0909. The van der Waals surface area contributed by atoms with E-state index in [-0.39, 0.29) is 11.3 Å². The van der Waals surface area contributed by atoms with E-state index in [1.54, 1.807) is 6.07 Å². The van der Waals surface area contributed by atoms with Crippen LogP contribution in [-0.4, -0.2) is 10.3 Å². The van der Waals surface area contributed by atoms with Gasteiger partial charge in [0.2, 0.25) is 0 Å². The molecule has 2 aromatic rings. The van der Waals surface area contributed by atoms with E-state index in [2.05, 4.69) is 9.69 Å². The maximum atomic E-state index is 13.6. The molecule has 0 bridgehead atoms. The van der Waals surface area contributed by atoms with Crippen molar-refractivity contribution in [2.75, 3.05) is 5.32 Å². The largest absolute Gasteiger partial charge is 0.366 e. The van der Waals surface area contributed by atoms with E-state index in [9.17, 15) is 9.18 Å². The number of hydrogen-bond acceptors (Lipinski definition) is 4. The number of halogens is 1. The van der Waals surface area contributed by atoms with Crippen molar-refractivity contribution in [1.29, 1.82) is 0 Å². The molecule has 0 aliphatic rings. The molecule has 0 aliphatic heterocycles. The number of para-hydroxylation sites is 1. The second-order valence-electron chi connectivity index (χ2n) is 3.48. The lowest BCUT2D eigenvalue weighted by Gasteiger charge is -2.08. The molecule has 0 radical (unpaired) electrons. The molecule has 0 spiro atoms. The predicted molar refractivity (Wildman–Crippen MR) is 65.1 cm³/mol. The molecule has 3 N–H and O–H groups in total. The highest BCUT2D eigenvalue weighted by Gasteiger charge is 2.13. The maximum absolute atomic E-state index is 13.6. The molecule has 4 nitrogen and oxygen atoms in total. The normalized spacial score (nSPS) is 10.2. The van der Waals surface area contributed by atoms with E-state index in [1.165, 1.54) is 29.7 Å². The first-order chi connectivity index (χ1) is 8.08. The fourth-order valence-corrected chi connectivity index (χ4v) is 2.07. The van der Waals surface area contributed by atoms with Gasteiger partial charge in [0.15, 0.2) is 0 Å². The number of anilines is 2. The molecule has 0 unspecified atom stereocenters. The summed E-state index contributed by atoms with van der Waals surface area (Å²) >= 11 is 1.19. The number of aromatic nitrogens is 1. The maximum Gasteiger partial charge on any atom is 0.250 e. The number of rotatable bonds is 3. The highest BCUT2D eigenvalue weighted by molar-refractivity contribution is 7.10. The van der Waals surface area contributed by atoms with Crippen LogP contribution >= 0.6 is 11.5 Å². The first kappa shape index (κ1) is 11.5. The lowest BCUT2D eigenvalue weighted by molar-refractivity contribution is 0.100. The molecule has 1 heterocycles. The second-order valence-corrected chi connectivity index (χ2v) is 4.29. The van der Waals surface area contributed by atoms with Crippen molar-refractivity contribution in [3.63, 3.8) is 0 Å². The first-order valence-electron chi connectivity index (χ1n) is 4.86. The van der Waals surface area contributed by atoms with Crippen LogP contribution in [0.4, 0.5) is 15.1 Å². The quantitative estimate of drug-likeness (QED) is 0.880. The number of nitrogens with zero attached hydrogens (tertiary/aromatic N) is 1. The molecular formula is C11H10FN3OS. The SMILES string of the molecule is Cc1cc(Nc2c(F)cccc2C(N)=O)sn1. The van der Waals surface area contributed by atoms with Gasteiger partial charge in [0, 0.05) is 0 Å². The van der Waals surface area contributed by atoms with Crippen molar-refractivity contribution in [2.45, 2.75) is 6.92 Å². The summed E-state index contributed by atoms with van der Waals surface area (Å²) in [5, 5.41) is 3.49. The average Bonchev–Trinajstić information content (AvgIpc) is 2.67. The lowest BCUT2D eigenvalue weighted by Crippen LogP contribution is -2.14. The Bertz CT molecular complexity index is 568. The molecule has 0 aliphatic carbocycles. The summed E-state index contributed by atoms with van der Waals surface area (Å²) in [4.78, 5) is 11.2. The molecule has 0 atom stereocenters. The van der Waals surface area contributed by atoms with E-state index < -0.39 is 11.7 Å². The fourth-order valence-electron chi connectivity index (χ4n) is 1.40. The molecule has 1 amide bonds. The predicted octanol–water partition coefficient (Wildman–Crippen LogP) is 2.43. The molecule has 2 rings (SSSR count). The number of nitrogens with two attached hydrogens (primary N) is 1. The Labute approximate surface area is 101 Å². The number of aryl methyl sites for hydroxylation is 1. The Morgan fingerprint density at radius 1 is 1.53 bits per heavy atom. The highest BCUT2D eigenvalue weighted by Crippen LogP contribution is 2.26. The van der Waals surface area contributed by atoms with Crippen LogP contribution in [0.25, 0.3) is 0 Å². The number of benzene rings is 1. The Morgan fingerprint density at radius 3 is 2.88 bits per heavy atom. The third kappa shape index (κ3) is 2.42. The first-order valence-corrected chi connectivity index (χ1v) is 5.64. The smallest absolute Gasteiger partial charge is 0.250 e. The van der Waals surface area contributed by atoms with Gasteiger partial charge in [-0.15, -0.1) is 0 Å². The van der Waals surface area contributed by atoms with Gasteiger partial charge in [-0.3, -0.25) is 4.79 Å². The molecule has 17 heavy (non-hydrogen) atoms. The Kier molecular flexibility index (Phi) is 3.06. The zero-order chi connectivity index (χ0) is 12.4. The van der Waals surface area contributed by atoms with Crippen LogP contribution in [0.2, 0.25) is 0 Å². The van der Waals surface area contributed by atoms with E-state index in [0.29, 0.717) is 5.00 Å². The van der Waals surface area contributed by atoms with Crippen molar-refractivity contribution < 1.29 is 9.18 Å². The Hall–Kier alpha value is -1.95. The Morgan fingerprint density at radius 2 is 2.29 bits per heavy atom. The minimum Gasteiger partial charge on any atom is -0.366 e. The minimum absolute atomic E-state index is 0.0867. The third-order valence-corrected chi connectivity index (χ3v) is 2.95. The number of carbonyl (C=O) groups excluding carboxylic acids is 1. The molecule has 1 aromatic heterocycles. The number of hydrogen-bond donors (Lipinski definition) is 2. The van der Waals surface area contributed by atoms with Gasteiger partial charge in [-0.25, -0.2) is 4.39 Å². The molecular weight excluding hydrogens is 241 g/mol. The van der Waals surface area contributed by atoms with Crippen molar-refractivity contribution in [1.82, 2.24) is 4.37 Å². The molecule has 0 saturated heterocycles. The summed E-state index contributed by atoms with van der Waals surface area (Å²) in [5.74, 6) is -1.19. The second kappa shape index (κ2) is 4.50. The molecule has 1 aromatic carbocycles. The number of nitrogens with one attached hydrogen (secondary N) is 1. The summed E-state index contributed by atoms with van der Waals surface area (Å²) in [7, 11) is 0. The van der Waals surface area contributed by atoms with Gasteiger partial charge in [0.1, 0.15) is 10.8 Å². The van der Waals surface area contributed by atoms with Gasteiger partial charge >= 0.3 is 0 Å². The number of primary amides is 1. The van der Waals surface area contributed by atoms with E-state index in [1.807, 2.05) is 6.92 Å². The topological polar surface area (TPSA) is 68.0 Å². The minimum atomic E-state index is -0.673. The summed E-state index contributed by atoms with van der Waals surface area (Å²) in [5.41, 5.74) is 6.22. The monoisotopic (exact) mass is 251 g/mol. The van der Waals surface area contributed by atoms with Crippen LogP contribution in [0.3, 0.4) is 0 Å². The van der Waals surface area contributed by atoms with Gasteiger partial charge < -0.3 is 11.1 Å². The van der Waals surface area contributed by atoms with Gasteiger partial charge in [0.05, 0.1) is 16.9 Å². The molecule has 0 saturated carbocycles. The number of carbonyl (C=O) groups is 1. The Balaban J connectivity index is 2.40. The average molecular weight is 251 g/mol. The van der Waals surface area contributed by atoms with E-state index in [0.717, 1.165) is 5.69 Å². The van der Waals surface area contributed by atoms with Gasteiger partial charge in [-0.1, -0.05) is 6.07 Å². The number of amides is 1. The van der Waals surface area contributed by atoms with Gasteiger partial charge in [0.25, 0.3) is 5.91 Å². The standard InChI is InChI=1S/C11H10FN3OS/c1-6-5-9(17-15-6)14-10-7(11(13)16)3-2-4-8(10)12/h2-5,14H,1H3,(H2,13,16). The van der Waals surface area contributed by atoms with Crippen LogP contribution in [0, 0.1) is 12.7 Å². The summed E-state index contributed by atoms with van der Waals surface area (Å²) in [6.45, 7) is 1.83. The van der Waals surface area contributed by atoms with E-state index >= 15 is 0 Å². The zero-order valence-electron chi connectivity index (χ0n) is 9.03.